The van der Waals surface area contributed by atoms with E-state index in [0.29, 0.717) is 17.0 Å². The Morgan fingerprint density at radius 1 is 1.57 bits per heavy atom. The number of imidazole rings is 1. The van der Waals surface area contributed by atoms with Gasteiger partial charge in [-0.15, -0.1) is 11.3 Å². The molecule has 1 aliphatic rings. The smallest absolute Gasteiger partial charge is 0.196 e. The zero-order chi connectivity index (χ0) is 15.2. The Balaban J connectivity index is 1.94. The van der Waals surface area contributed by atoms with Crippen molar-refractivity contribution in [2.24, 2.45) is 11.3 Å². The molecule has 0 saturated carbocycles. The van der Waals surface area contributed by atoms with Crippen molar-refractivity contribution >= 4 is 22.1 Å². The van der Waals surface area contributed by atoms with Crippen LogP contribution in [0.4, 0.5) is 0 Å². The van der Waals surface area contributed by atoms with E-state index in [0.717, 1.165) is 17.8 Å². The average Bonchev–Trinajstić information content (AvgIpc) is 2.94. The van der Waals surface area contributed by atoms with Gasteiger partial charge in [0, 0.05) is 16.8 Å². The summed E-state index contributed by atoms with van der Waals surface area (Å²) in [6.45, 7) is 6.92. The minimum atomic E-state index is -0.189. The highest BCUT2D eigenvalue weighted by Gasteiger charge is 2.31. The Morgan fingerprint density at radius 3 is 3.00 bits per heavy atom. The molecule has 1 unspecified atom stereocenters. The lowest BCUT2D eigenvalue weighted by molar-refractivity contribution is 0.0993. The number of nitriles is 1. The number of carbonyl (C=O) groups is 1. The molecule has 2 aromatic heterocycles. The van der Waals surface area contributed by atoms with Gasteiger partial charge < -0.3 is 0 Å². The Morgan fingerprint density at radius 2 is 2.33 bits per heavy atom. The second-order valence-electron chi connectivity index (χ2n) is 6.81. The maximum absolute atomic E-state index is 11.8. The number of hydrogen-bond acceptors (Lipinski definition) is 4. The summed E-state index contributed by atoms with van der Waals surface area (Å²) in [6.07, 6.45) is 5.04. The van der Waals surface area contributed by atoms with Gasteiger partial charge in [0.2, 0.25) is 0 Å². The highest BCUT2D eigenvalue weighted by atomic mass is 32.1. The first kappa shape index (κ1) is 14.3. The van der Waals surface area contributed by atoms with Gasteiger partial charge >= 0.3 is 0 Å². The van der Waals surface area contributed by atoms with Crippen LogP contribution in [0.15, 0.2) is 6.20 Å². The lowest BCUT2D eigenvalue weighted by Gasteiger charge is -2.33. The largest absolute Gasteiger partial charge is 0.294 e. The first-order valence-electron chi connectivity index (χ1n) is 7.30. The first-order chi connectivity index (χ1) is 9.90. The Hall–Kier alpha value is -1.67. The lowest BCUT2D eigenvalue weighted by atomic mass is 9.73. The predicted molar refractivity (Wildman–Crippen MR) is 82.6 cm³/mol. The summed E-state index contributed by atoms with van der Waals surface area (Å²) < 4.78 is 2.06. The molecule has 5 heteroatoms. The van der Waals surface area contributed by atoms with Crippen LogP contribution in [0.2, 0.25) is 0 Å². The molecule has 2 heterocycles. The van der Waals surface area contributed by atoms with Crippen LogP contribution in [0.25, 0.3) is 4.96 Å². The molecule has 0 saturated heterocycles. The molecule has 4 nitrogen and oxygen atoms in total. The van der Waals surface area contributed by atoms with Gasteiger partial charge in [-0.1, -0.05) is 20.8 Å². The second kappa shape index (κ2) is 4.96. The van der Waals surface area contributed by atoms with Crippen molar-refractivity contribution in [2.75, 3.05) is 0 Å². The Labute approximate surface area is 128 Å². The molecule has 0 amide bonds. The topological polar surface area (TPSA) is 58.2 Å². The molecule has 0 radical (unpaired) electrons. The number of thiazole rings is 1. The van der Waals surface area contributed by atoms with E-state index >= 15 is 0 Å². The summed E-state index contributed by atoms with van der Waals surface area (Å²) in [7, 11) is 0. The fourth-order valence-corrected chi connectivity index (χ4v) is 4.25. The van der Waals surface area contributed by atoms with Gasteiger partial charge in [-0.25, -0.2) is 4.98 Å². The number of fused-ring (bicyclic) bond motifs is 3. The van der Waals surface area contributed by atoms with Crippen LogP contribution in [0, 0.1) is 22.7 Å². The van der Waals surface area contributed by atoms with E-state index in [1.807, 2.05) is 12.3 Å². The summed E-state index contributed by atoms with van der Waals surface area (Å²) in [5.74, 6) is 0.513. The van der Waals surface area contributed by atoms with Crippen molar-refractivity contribution in [2.45, 2.75) is 46.5 Å². The Bertz CT molecular complexity index is 742. The summed E-state index contributed by atoms with van der Waals surface area (Å²) in [4.78, 5) is 18.5. The standard InChI is InChI=1S/C16H19N3OS/c1-16(2,3)10-4-5-12-14(8-10)21-15-18-11(9-19(12)15)13(20)6-7-17/h9-10H,4-6,8H2,1-3H3. The van der Waals surface area contributed by atoms with E-state index in [1.54, 1.807) is 11.3 Å². The monoisotopic (exact) mass is 301 g/mol. The molecule has 110 valence electrons. The number of aromatic nitrogens is 2. The molecule has 2 aromatic rings. The van der Waals surface area contributed by atoms with Gasteiger partial charge in [-0.3, -0.25) is 9.20 Å². The van der Waals surface area contributed by atoms with Crippen molar-refractivity contribution in [1.82, 2.24) is 9.38 Å². The van der Waals surface area contributed by atoms with Crippen molar-refractivity contribution < 1.29 is 4.79 Å². The number of hydrogen-bond donors (Lipinski definition) is 0. The molecule has 0 aliphatic heterocycles. The van der Waals surface area contributed by atoms with Crippen LogP contribution in [0.5, 0.6) is 0 Å². The molecule has 1 atom stereocenters. The molecule has 0 aromatic carbocycles. The molecule has 0 fully saturated rings. The van der Waals surface area contributed by atoms with Crippen molar-refractivity contribution in [1.29, 1.82) is 5.26 Å². The number of ketones is 1. The van der Waals surface area contributed by atoms with Crippen molar-refractivity contribution in [3.63, 3.8) is 0 Å². The quantitative estimate of drug-likeness (QED) is 0.796. The van der Waals surface area contributed by atoms with Crippen LogP contribution in [-0.4, -0.2) is 15.2 Å². The summed E-state index contributed by atoms with van der Waals surface area (Å²) in [6, 6.07) is 1.89. The van der Waals surface area contributed by atoms with E-state index in [-0.39, 0.29) is 12.2 Å². The van der Waals surface area contributed by atoms with Crippen LogP contribution < -0.4 is 0 Å². The van der Waals surface area contributed by atoms with Crippen LogP contribution >= 0.6 is 11.3 Å². The fourth-order valence-electron chi connectivity index (χ4n) is 3.02. The van der Waals surface area contributed by atoms with Gasteiger partial charge in [-0.05, 0) is 30.6 Å². The molecule has 0 bridgehead atoms. The minimum absolute atomic E-state index is 0.0981. The highest BCUT2D eigenvalue weighted by Crippen LogP contribution is 2.40. The van der Waals surface area contributed by atoms with Gasteiger partial charge in [0.1, 0.15) is 12.1 Å². The van der Waals surface area contributed by atoms with Gasteiger partial charge in [0.25, 0.3) is 0 Å². The molecule has 1 aliphatic carbocycles. The second-order valence-corrected chi connectivity index (χ2v) is 7.88. The molecular formula is C16H19N3OS. The third kappa shape index (κ3) is 2.49. The van der Waals surface area contributed by atoms with E-state index < -0.39 is 0 Å². The normalized spacial score (nSPS) is 18.5. The van der Waals surface area contributed by atoms with E-state index in [1.165, 1.54) is 17.0 Å². The summed E-state index contributed by atoms with van der Waals surface area (Å²) >= 11 is 1.69. The third-order valence-corrected chi connectivity index (χ3v) is 5.53. The number of carbonyl (C=O) groups excluding carboxylic acids is 1. The molecule has 3 rings (SSSR count). The van der Waals surface area contributed by atoms with E-state index in [4.69, 9.17) is 5.26 Å². The van der Waals surface area contributed by atoms with Crippen LogP contribution in [0.1, 0.15) is 54.7 Å². The maximum Gasteiger partial charge on any atom is 0.196 e. The van der Waals surface area contributed by atoms with Crippen molar-refractivity contribution in [3.05, 3.63) is 22.5 Å². The van der Waals surface area contributed by atoms with Crippen LogP contribution in [-0.2, 0) is 12.8 Å². The molecular weight excluding hydrogens is 282 g/mol. The SMILES string of the molecule is CC(C)(C)C1CCc2c(sc3nc(C(=O)CC#N)cn23)C1. The average molecular weight is 301 g/mol. The first-order valence-corrected chi connectivity index (χ1v) is 8.11. The minimum Gasteiger partial charge on any atom is -0.294 e. The summed E-state index contributed by atoms with van der Waals surface area (Å²) in [5.41, 5.74) is 2.06. The third-order valence-electron chi connectivity index (χ3n) is 4.41. The van der Waals surface area contributed by atoms with E-state index in [9.17, 15) is 4.79 Å². The number of Topliss-reactive ketones (excluding diaryl/α,β-unsaturated/α-hetero) is 1. The van der Waals surface area contributed by atoms with Gasteiger partial charge in [0.15, 0.2) is 10.7 Å². The Kier molecular flexibility index (Phi) is 3.37. The van der Waals surface area contributed by atoms with Gasteiger partial charge in [-0.2, -0.15) is 5.26 Å². The number of nitrogens with zero attached hydrogens (tertiary/aromatic N) is 3. The fraction of sp³-hybridized carbons (Fsp3) is 0.562. The van der Waals surface area contributed by atoms with E-state index in [2.05, 4.69) is 30.2 Å². The summed E-state index contributed by atoms with van der Waals surface area (Å²) in [5, 5.41) is 8.62. The maximum atomic E-state index is 11.8. The number of aryl methyl sites for hydroxylation is 1. The number of rotatable bonds is 2. The predicted octanol–water partition coefficient (Wildman–Crippen LogP) is 3.64. The lowest BCUT2D eigenvalue weighted by Crippen LogP contribution is -2.26. The van der Waals surface area contributed by atoms with Crippen LogP contribution in [0.3, 0.4) is 0 Å². The zero-order valence-electron chi connectivity index (χ0n) is 12.6. The highest BCUT2D eigenvalue weighted by molar-refractivity contribution is 7.17. The molecule has 0 spiro atoms. The van der Waals surface area contributed by atoms with Crippen molar-refractivity contribution in [3.8, 4) is 6.07 Å². The zero-order valence-corrected chi connectivity index (χ0v) is 13.5. The van der Waals surface area contributed by atoms with Gasteiger partial charge in [0.05, 0.1) is 6.07 Å². The molecule has 21 heavy (non-hydrogen) atoms. The molecule has 0 N–H and O–H groups in total.